The molecular formula is C18H18N4O4. The minimum atomic E-state index is -1.26. The quantitative estimate of drug-likeness (QED) is 0.732. The highest BCUT2D eigenvalue weighted by Crippen LogP contribution is 2.25. The van der Waals surface area contributed by atoms with E-state index in [-0.39, 0.29) is 0 Å². The summed E-state index contributed by atoms with van der Waals surface area (Å²) in [5, 5.41) is 22.3. The number of aromatic nitrogens is 1. The molecule has 0 aliphatic heterocycles. The molecule has 0 bridgehead atoms. The first kappa shape index (κ1) is 18.7. The fourth-order valence-corrected chi connectivity index (χ4v) is 2.19. The van der Waals surface area contributed by atoms with E-state index in [1.54, 1.807) is 37.3 Å². The lowest BCUT2D eigenvalue weighted by atomic mass is 10.1. The second-order valence-corrected chi connectivity index (χ2v) is 5.48. The molecule has 1 aromatic carbocycles. The largest absolute Gasteiger partial charge is 0.465 e. The number of amides is 2. The summed E-state index contributed by atoms with van der Waals surface area (Å²) < 4.78 is 5.67. The summed E-state index contributed by atoms with van der Waals surface area (Å²) in [4.78, 5) is 26.8. The van der Waals surface area contributed by atoms with Crippen molar-refractivity contribution in [3.05, 3.63) is 47.7 Å². The molecule has 0 aliphatic carbocycles. The fraction of sp³-hybridized carbons (Fsp3) is 0.222. The molecule has 1 aromatic heterocycles. The van der Waals surface area contributed by atoms with Gasteiger partial charge in [0, 0.05) is 6.07 Å². The normalized spacial score (nSPS) is 11.1. The van der Waals surface area contributed by atoms with Crippen molar-refractivity contribution in [2.24, 2.45) is 0 Å². The van der Waals surface area contributed by atoms with Crippen LogP contribution in [0.1, 0.15) is 24.5 Å². The Hall–Kier alpha value is -3.60. The Morgan fingerprint density at radius 2 is 2.12 bits per heavy atom. The highest BCUT2D eigenvalue weighted by atomic mass is 16.5. The molecule has 26 heavy (non-hydrogen) atoms. The zero-order valence-corrected chi connectivity index (χ0v) is 14.3. The predicted molar refractivity (Wildman–Crippen MR) is 94.1 cm³/mol. The molecule has 1 atom stereocenters. The third-order valence-electron chi connectivity index (χ3n) is 3.54. The first-order chi connectivity index (χ1) is 12.4. The smallest absolute Gasteiger partial charge is 0.405 e. The van der Waals surface area contributed by atoms with Crippen LogP contribution < -0.4 is 15.4 Å². The standard InChI is InChI=1S/C18H18N4O4/c1-3-14(22-18(24)25)17(23)21-13-5-7-16(20-10-13)26-15-6-4-12(9-19)8-11(15)2/h4-8,10,14,22H,3H2,1-2H3,(H,21,23)(H,24,25)/t14-/m1/s1. The van der Waals surface area contributed by atoms with E-state index >= 15 is 0 Å². The van der Waals surface area contributed by atoms with Crippen LogP contribution in [0.5, 0.6) is 11.6 Å². The number of rotatable bonds is 6. The van der Waals surface area contributed by atoms with Crippen molar-refractivity contribution in [2.75, 3.05) is 5.32 Å². The minimum Gasteiger partial charge on any atom is -0.465 e. The Morgan fingerprint density at radius 1 is 1.35 bits per heavy atom. The average molecular weight is 354 g/mol. The monoisotopic (exact) mass is 354 g/mol. The third kappa shape index (κ3) is 4.95. The zero-order chi connectivity index (χ0) is 19.1. The molecule has 8 heteroatoms. The Morgan fingerprint density at radius 3 is 2.65 bits per heavy atom. The van der Waals surface area contributed by atoms with E-state index < -0.39 is 18.0 Å². The molecule has 0 saturated heterocycles. The van der Waals surface area contributed by atoms with Crippen LogP contribution in [0.25, 0.3) is 0 Å². The van der Waals surface area contributed by atoms with Crippen LogP contribution in [0.4, 0.5) is 10.5 Å². The highest BCUT2D eigenvalue weighted by molar-refractivity contribution is 5.96. The number of ether oxygens (including phenoxy) is 1. The summed E-state index contributed by atoms with van der Waals surface area (Å²) in [7, 11) is 0. The lowest BCUT2D eigenvalue weighted by Gasteiger charge is -2.14. The summed E-state index contributed by atoms with van der Waals surface area (Å²) in [6.07, 6.45) is 0.483. The van der Waals surface area contributed by atoms with Crippen molar-refractivity contribution in [1.82, 2.24) is 10.3 Å². The molecule has 3 N–H and O–H groups in total. The van der Waals surface area contributed by atoms with Gasteiger partial charge in [-0.25, -0.2) is 9.78 Å². The van der Waals surface area contributed by atoms with Crippen molar-refractivity contribution in [3.8, 4) is 17.7 Å². The van der Waals surface area contributed by atoms with Gasteiger partial charge in [0.1, 0.15) is 11.8 Å². The minimum absolute atomic E-state index is 0.324. The summed E-state index contributed by atoms with van der Waals surface area (Å²) in [5.74, 6) is 0.435. The van der Waals surface area contributed by atoms with Gasteiger partial charge in [0.2, 0.25) is 11.8 Å². The number of pyridine rings is 1. The van der Waals surface area contributed by atoms with Crippen LogP contribution >= 0.6 is 0 Å². The van der Waals surface area contributed by atoms with Gasteiger partial charge in [0.05, 0.1) is 23.5 Å². The number of hydrogen-bond acceptors (Lipinski definition) is 5. The Kier molecular flexibility index (Phi) is 6.11. The number of carbonyl (C=O) groups is 2. The number of carbonyl (C=O) groups excluding carboxylic acids is 1. The van der Waals surface area contributed by atoms with E-state index in [0.29, 0.717) is 29.3 Å². The van der Waals surface area contributed by atoms with Crippen molar-refractivity contribution < 1.29 is 19.4 Å². The van der Waals surface area contributed by atoms with E-state index in [1.165, 1.54) is 6.20 Å². The van der Waals surface area contributed by atoms with Crippen LogP contribution in [0.3, 0.4) is 0 Å². The number of aryl methyl sites for hydroxylation is 1. The molecule has 0 saturated carbocycles. The molecule has 0 unspecified atom stereocenters. The molecular weight excluding hydrogens is 336 g/mol. The number of benzene rings is 1. The van der Waals surface area contributed by atoms with Gasteiger partial charge in [-0.05, 0) is 43.2 Å². The maximum absolute atomic E-state index is 12.0. The molecule has 0 radical (unpaired) electrons. The van der Waals surface area contributed by atoms with Crippen molar-refractivity contribution in [3.63, 3.8) is 0 Å². The molecule has 2 amide bonds. The summed E-state index contributed by atoms with van der Waals surface area (Å²) in [5.41, 5.74) is 1.76. The molecule has 2 aromatic rings. The van der Waals surface area contributed by atoms with E-state index in [1.807, 2.05) is 6.92 Å². The van der Waals surface area contributed by atoms with E-state index in [0.717, 1.165) is 5.56 Å². The second kappa shape index (κ2) is 8.48. The van der Waals surface area contributed by atoms with Crippen LogP contribution in [0.2, 0.25) is 0 Å². The second-order valence-electron chi connectivity index (χ2n) is 5.48. The van der Waals surface area contributed by atoms with Gasteiger partial charge < -0.3 is 20.5 Å². The molecule has 134 valence electrons. The van der Waals surface area contributed by atoms with Gasteiger partial charge in [-0.1, -0.05) is 6.92 Å². The van der Waals surface area contributed by atoms with Crippen molar-refractivity contribution >= 4 is 17.7 Å². The zero-order valence-electron chi connectivity index (χ0n) is 14.3. The predicted octanol–water partition coefficient (Wildman–Crippen LogP) is 3.04. The number of nitriles is 1. The van der Waals surface area contributed by atoms with Crippen LogP contribution in [-0.4, -0.2) is 28.1 Å². The van der Waals surface area contributed by atoms with Gasteiger partial charge >= 0.3 is 6.09 Å². The SMILES string of the molecule is CC[C@@H](NC(=O)O)C(=O)Nc1ccc(Oc2ccc(C#N)cc2C)nc1. The molecule has 8 nitrogen and oxygen atoms in total. The Labute approximate surface area is 150 Å². The molecule has 0 fully saturated rings. The lowest BCUT2D eigenvalue weighted by Crippen LogP contribution is -2.42. The molecule has 1 heterocycles. The lowest BCUT2D eigenvalue weighted by molar-refractivity contribution is -0.118. The topological polar surface area (TPSA) is 124 Å². The summed E-state index contributed by atoms with van der Waals surface area (Å²) >= 11 is 0. The number of carboxylic acid groups (broad SMARTS) is 1. The van der Waals surface area contributed by atoms with Gasteiger partial charge in [0.15, 0.2) is 0 Å². The maximum Gasteiger partial charge on any atom is 0.405 e. The Bertz CT molecular complexity index is 843. The summed E-state index contributed by atoms with van der Waals surface area (Å²) in [6.45, 7) is 3.53. The molecule has 2 rings (SSSR count). The number of nitrogens with one attached hydrogen (secondary N) is 2. The van der Waals surface area contributed by atoms with Gasteiger partial charge in [-0.3, -0.25) is 4.79 Å². The maximum atomic E-state index is 12.0. The van der Waals surface area contributed by atoms with Crippen molar-refractivity contribution in [2.45, 2.75) is 26.3 Å². The van der Waals surface area contributed by atoms with E-state index in [9.17, 15) is 9.59 Å². The van der Waals surface area contributed by atoms with Gasteiger partial charge in [-0.15, -0.1) is 0 Å². The molecule has 0 spiro atoms. The number of hydrogen-bond donors (Lipinski definition) is 3. The Balaban J connectivity index is 2.03. The fourth-order valence-electron chi connectivity index (χ4n) is 2.19. The first-order valence-corrected chi connectivity index (χ1v) is 7.88. The highest BCUT2D eigenvalue weighted by Gasteiger charge is 2.18. The van der Waals surface area contributed by atoms with Crippen LogP contribution in [0, 0.1) is 18.3 Å². The number of nitrogens with zero attached hydrogens (tertiary/aromatic N) is 2. The third-order valence-corrected chi connectivity index (χ3v) is 3.54. The average Bonchev–Trinajstić information content (AvgIpc) is 2.62. The number of anilines is 1. The summed E-state index contributed by atoms with van der Waals surface area (Å²) in [6, 6.07) is 9.45. The molecule has 0 aliphatic rings. The van der Waals surface area contributed by atoms with Gasteiger partial charge in [0.25, 0.3) is 0 Å². The van der Waals surface area contributed by atoms with Crippen molar-refractivity contribution in [1.29, 1.82) is 5.26 Å². The van der Waals surface area contributed by atoms with Crippen LogP contribution in [0.15, 0.2) is 36.5 Å². The van der Waals surface area contributed by atoms with Crippen LogP contribution in [-0.2, 0) is 4.79 Å². The first-order valence-electron chi connectivity index (χ1n) is 7.88. The van der Waals surface area contributed by atoms with E-state index in [4.69, 9.17) is 15.1 Å². The van der Waals surface area contributed by atoms with E-state index in [2.05, 4.69) is 21.7 Å². The van der Waals surface area contributed by atoms with Gasteiger partial charge in [-0.2, -0.15) is 5.26 Å².